The van der Waals surface area contributed by atoms with E-state index in [0.29, 0.717) is 5.54 Å². The van der Waals surface area contributed by atoms with E-state index in [9.17, 15) is 0 Å². The minimum atomic E-state index is 0.0160. The SMILES string of the molecule is CC(C)(C)OC1(C23CCCN2CCC3)CC1. The van der Waals surface area contributed by atoms with E-state index >= 15 is 0 Å². The molecular formula is C14H25NO. The minimum Gasteiger partial charge on any atom is -0.367 e. The Kier molecular flexibility index (Phi) is 2.23. The Morgan fingerprint density at radius 2 is 1.50 bits per heavy atom. The molecule has 0 aromatic rings. The van der Waals surface area contributed by atoms with Crippen molar-refractivity contribution in [1.29, 1.82) is 0 Å². The molecule has 2 nitrogen and oxygen atoms in total. The van der Waals surface area contributed by atoms with Gasteiger partial charge in [0.1, 0.15) is 0 Å². The van der Waals surface area contributed by atoms with Crippen LogP contribution in [0.2, 0.25) is 0 Å². The molecule has 0 atom stereocenters. The molecule has 3 fully saturated rings. The lowest BCUT2D eigenvalue weighted by Crippen LogP contribution is -2.54. The maximum absolute atomic E-state index is 6.48. The average molecular weight is 223 g/mol. The van der Waals surface area contributed by atoms with Crippen LogP contribution in [0.4, 0.5) is 0 Å². The Morgan fingerprint density at radius 1 is 0.938 bits per heavy atom. The molecule has 1 saturated carbocycles. The van der Waals surface area contributed by atoms with E-state index in [-0.39, 0.29) is 11.2 Å². The van der Waals surface area contributed by atoms with E-state index in [0.717, 1.165) is 0 Å². The van der Waals surface area contributed by atoms with Crippen LogP contribution in [-0.4, -0.2) is 34.7 Å². The van der Waals surface area contributed by atoms with Crippen molar-refractivity contribution >= 4 is 0 Å². The first kappa shape index (κ1) is 11.0. The van der Waals surface area contributed by atoms with Crippen LogP contribution in [0.25, 0.3) is 0 Å². The fourth-order valence-electron chi connectivity index (χ4n) is 4.21. The summed E-state index contributed by atoms with van der Waals surface area (Å²) >= 11 is 0. The van der Waals surface area contributed by atoms with E-state index in [1.165, 1.54) is 51.6 Å². The van der Waals surface area contributed by atoms with Crippen molar-refractivity contribution in [2.75, 3.05) is 13.1 Å². The first-order valence-electron chi connectivity index (χ1n) is 6.93. The molecular weight excluding hydrogens is 198 g/mol. The monoisotopic (exact) mass is 223 g/mol. The number of rotatable bonds is 2. The molecule has 2 saturated heterocycles. The summed E-state index contributed by atoms with van der Waals surface area (Å²) < 4.78 is 6.48. The molecule has 2 aliphatic heterocycles. The summed E-state index contributed by atoms with van der Waals surface area (Å²) in [5.74, 6) is 0. The van der Waals surface area contributed by atoms with Crippen molar-refractivity contribution in [2.45, 2.75) is 76.0 Å². The maximum atomic E-state index is 6.48. The molecule has 2 heteroatoms. The molecule has 16 heavy (non-hydrogen) atoms. The molecule has 1 aliphatic carbocycles. The summed E-state index contributed by atoms with van der Waals surface area (Å²) in [6.07, 6.45) is 8.11. The highest BCUT2D eigenvalue weighted by molar-refractivity contribution is 5.20. The van der Waals surface area contributed by atoms with E-state index in [4.69, 9.17) is 4.74 Å². The van der Waals surface area contributed by atoms with E-state index in [1.807, 2.05) is 0 Å². The maximum Gasteiger partial charge on any atom is 0.0874 e. The topological polar surface area (TPSA) is 12.5 Å². The predicted octanol–water partition coefficient (Wildman–Crippen LogP) is 2.96. The van der Waals surface area contributed by atoms with Gasteiger partial charge in [0.25, 0.3) is 0 Å². The van der Waals surface area contributed by atoms with Gasteiger partial charge in [-0.1, -0.05) is 0 Å². The van der Waals surface area contributed by atoms with E-state index < -0.39 is 0 Å². The molecule has 0 unspecified atom stereocenters. The van der Waals surface area contributed by atoms with Crippen LogP contribution in [0.5, 0.6) is 0 Å². The van der Waals surface area contributed by atoms with Crippen molar-refractivity contribution in [2.24, 2.45) is 0 Å². The summed E-state index contributed by atoms with van der Waals surface area (Å²) in [6, 6.07) is 0. The Balaban J connectivity index is 1.86. The van der Waals surface area contributed by atoms with Gasteiger partial charge in [-0.25, -0.2) is 0 Å². The van der Waals surface area contributed by atoms with Gasteiger partial charge >= 0.3 is 0 Å². The summed E-state index contributed by atoms with van der Waals surface area (Å²) in [6.45, 7) is 9.25. The molecule has 3 aliphatic rings. The fourth-order valence-corrected chi connectivity index (χ4v) is 4.21. The van der Waals surface area contributed by atoms with Crippen LogP contribution in [-0.2, 0) is 4.74 Å². The smallest absolute Gasteiger partial charge is 0.0874 e. The van der Waals surface area contributed by atoms with Gasteiger partial charge in [-0.05, 0) is 72.4 Å². The van der Waals surface area contributed by atoms with Crippen LogP contribution < -0.4 is 0 Å². The zero-order valence-corrected chi connectivity index (χ0v) is 11.0. The number of nitrogens with zero attached hydrogens (tertiary/aromatic N) is 1. The molecule has 0 bridgehead atoms. The third kappa shape index (κ3) is 1.46. The van der Waals surface area contributed by atoms with Gasteiger partial charge in [-0.3, -0.25) is 4.90 Å². The quantitative estimate of drug-likeness (QED) is 0.713. The second kappa shape index (κ2) is 3.23. The molecule has 0 amide bonds. The molecule has 92 valence electrons. The van der Waals surface area contributed by atoms with Gasteiger partial charge in [0.2, 0.25) is 0 Å². The summed E-state index contributed by atoms with van der Waals surface area (Å²) in [7, 11) is 0. The normalized spacial score (nSPS) is 31.7. The average Bonchev–Trinajstić information content (AvgIpc) is 2.65. The Hall–Kier alpha value is -0.0800. The first-order valence-corrected chi connectivity index (χ1v) is 6.93. The Morgan fingerprint density at radius 3 is 1.94 bits per heavy atom. The largest absolute Gasteiger partial charge is 0.367 e. The molecule has 2 heterocycles. The molecule has 3 rings (SSSR count). The number of hydrogen-bond donors (Lipinski definition) is 0. The molecule has 0 aromatic carbocycles. The van der Waals surface area contributed by atoms with Crippen molar-refractivity contribution in [3.63, 3.8) is 0 Å². The van der Waals surface area contributed by atoms with Crippen LogP contribution >= 0.6 is 0 Å². The minimum absolute atomic E-state index is 0.0160. The zero-order valence-electron chi connectivity index (χ0n) is 11.0. The van der Waals surface area contributed by atoms with Crippen LogP contribution in [0.3, 0.4) is 0 Å². The van der Waals surface area contributed by atoms with Gasteiger partial charge in [0.05, 0.1) is 16.7 Å². The lowest BCUT2D eigenvalue weighted by molar-refractivity contribution is -0.134. The van der Waals surface area contributed by atoms with Gasteiger partial charge in [0, 0.05) is 0 Å². The predicted molar refractivity (Wildman–Crippen MR) is 65.6 cm³/mol. The standard InChI is InChI=1S/C14H25NO/c1-12(2,3)16-14(8-9-14)13-6-4-10-15(13)11-5-7-13/h4-11H2,1-3H3. The second-order valence-corrected chi connectivity index (χ2v) is 6.93. The molecule has 0 spiro atoms. The third-order valence-corrected chi connectivity index (χ3v) is 4.70. The van der Waals surface area contributed by atoms with Gasteiger partial charge in [0.15, 0.2) is 0 Å². The van der Waals surface area contributed by atoms with Crippen molar-refractivity contribution in [1.82, 2.24) is 4.90 Å². The Labute approximate surface area is 99.3 Å². The number of fused-ring (bicyclic) bond motifs is 1. The fraction of sp³-hybridized carbons (Fsp3) is 1.00. The summed E-state index contributed by atoms with van der Waals surface area (Å²) in [5, 5.41) is 0. The Bertz CT molecular complexity index is 278. The number of ether oxygens (including phenoxy) is 1. The zero-order chi connectivity index (χ0) is 11.4. The highest BCUT2D eigenvalue weighted by Gasteiger charge is 2.66. The molecule has 0 N–H and O–H groups in total. The van der Waals surface area contributed by atoms with E-state index in [2.05, 4.69) is 25.7 Å². The lowest BCUT2D eigenvalue weighted by Gasteiger charge is -2.43. The third-order valence-electron chi connectivity index (χ3n) is 4.70. The lowest BCUT2D eigenvalue weighted by atomic mass is 9.85. The summed E-state index contributed by atoms with van der Waals surface area (Å²) in [5.41, 5.74) is 0.667. The molecule has 0 radical (unpaired) electrons. The van der Waals surface area contributed by atoms with Gasteiger partial charge in [-0.2, -0.15) is 0 Å². The van der Waals surface area contributed by atoms with Crippen LogP contribution in [0, 0.1) is 0 Å². The van der Waals surface area contributed by atoms with Crippen LogP contribution in [0.1, 0.15) is 59.3 Å². The van der Waals surface area contributed by atoms with Crippen molar-refractivity contribution < 1.29 is 4.74 Å². The highest BCUT2D eigenvalue weighted by Crippen LogP contribution is 2.60. The van der Waals surface area contributed by atoms with Crippen molar-refractivity contribution in [3.8, 4) is 0 Å². The van der Waals surface area contributed by atoms with Crippen LogP contribution in [0.15, 0.2) is 0 Å². The van der Waals surface area contributed by atoms with E-state index in [1.54, 1.807) is 0 Å². The van der Waals surface area contributed by atoms with Gasteiger partial charge < -0.3 is 4.74 Å². The summed E-state index contributed by atoms with van der Waals surface area (Å²) in [4.78, 5) is 2.74. The van der Waals surface area contributed by atoms with Gasteiger partial charge in [-0.15, -0.1) is 0 Å². The second-order valence-electron chi connectivity index (χ2n) is 6.93. The highest BCUT2D eigenvalue weighted by atomic mass is 16.5. The molecule has 0 aromatic heterocycles. The number of hydrogen-bond acceptors (Lipinski definition) is 2. The van der Waals surface area contributed by atoms with Crippen molar-refractivity contribution in [3.05, 3.63) is 0 Å². The first-order chi connectivity index (χ1) is 7.48.